The van der Waals surface area contributed by atoms with Crippen LogP contribution in [0.15, 0.2) is 23.1 Å². The highest BCUT2D eigenvalue weighted by Crippen LogP contribution is 2.27. The van der Waals surface area contributed by atoms with Crippen molar-refractivity contribution in [3.63, 3.8) is 0 Å². The highest BCUT2D eigenvalue weighted by atomic mass is 32.2. The molecule has 0 atom stereocenters. The van der Waals surface area contributed by atoms with Gasteiger partial charge in [-0.2, -0.15) is 0 Å². The maximum absolute atomic E-state index is 12.4. The Balaban J connectivity index is 3.44. The highest BCUT2D eigenvalue weighted by Gasteiger charge is 2.35. The first-order chi connectivity index (χ1) is 7.22. The first-order valence-corrected chi connectivity index (χ1v) is 6.72. The number of sulfone groups is 1. The molecule has 0 aliphatic heterocycles. The van der Waals surface area contributed by atoms with Gasteiger partial charge in [0.25, 0.3) is 0 Å². The van der Waals surface area contributed by atoms with Gasteiger partial charge in [-0.1, -0.05) is 12.1 Å². The molecule has 0 spiro atoms. The average Bonchev–Trinajstić information content (AvgIpc) is 2.21. The minimum atomic E-state index is -3.37. The Morgan fingerprint density at radius 2 is 1.81 bits per heavy atom. The Labute approximate surface area is 97.6 Å². The van der Waals surface area contributed by atoms with Crippen LogP contribution in [-0.2, 0) is 9.84 Å². The van der Waals surface area contributed by atoms with E-state index < -0.39 is 14.6 Å². The molecule has 3 nitrogen and oxygen atoms in total. The molecule has 0 saturated heterocycles. The quantitative estimate of drug-likeness (QED) is 0.878. The summed E-state index contributed by atoms with van der Waals surface area (Å²) in [5.74, 6) is 0. The molecule has 4 heteroatoms. The Bertz CT molecular complexity index is 490. The molecule has 0 aliphatic rings. The monoisotopic (exact) mass is 241 g/mol. The van der Waals surface area contributed by atoms with Crippen molar-refractivity contribution in [2.45, 2.75) is 37.3 Å². The molecule has 2 N–H and O–H groups in total. The fourth-order valence-electron chi connectivity index (χ4n) is 1.40. The van der Waals surface area contributed by atoms with Crippen LogP contribution in [0.4, 0.5) is 0 Å². The summed E-state index contributed by atoms with van der Waals surface area (Å²) in [6.07, 6.45) is 0. The lowest BCUT2D eigenvalue weighted by atomic mass is 10.2. The Morgan fingerprint density at radius 3 is 2.31 bits per heavy atom. The average molecular weight is 241 g/mol. The Morgan fingerprint density at radius 1 is 1.25 bits per heavy atom. The van der Waals surface area contributed by atoms with Gasteiger partial charge in [0.1, 0.15) is 0 Å². The summed E-state index contributed by atoms with van der Waals surface area (Å²) in [6, 6.07) is 5.45. The zero-order valence-electron chi connectivity index (χ0n) is 10.2. The molecular formula is C12H19NO2S. The van der Waals surface area contributed by atoms with Gasteiger partial charge in [-0.05, 0) is 44.9 Å². The van der Waals surface area contributed by atoms with Gasteiger partial charge in [0.15, 0.2) is 9.84 Å². The van der Waals surface area contributed by atoms with Gasteiger partial charge in [0.05, 0.1) is 9.64 Å². The van der Waals surface area contributed by atoms with Gasteiger partial charge >= 0.3 is 0 Å². The van der Waals surface area contributed by atoms with Gasteiger partial charge in [0, 0.05) is 6.54 Å². The fraction of sp³-hybridized carbons (Fsp3) is 0.500. The summed E-state index contributed by atoms with van der Waals surface area (Å²) in [6.45, 7) is 7.11. The molecular weight excluding hydrogens is 222 g/mol. The van der Waals surface area contributed by atoms with E-state index >= 15 is 0 Å². The molecule has 0 fully saturated rings. The van der Waals surface area contributed by atoms with E-state index in [0.717, 1.165) is 11.1 Å². The summed E-state index contributed by atoms with van der Waals surface area (Å²) < 4.78 is 23.8. The second-order valence-electron chi connectivity index (χ2n) is 4.74. The predicted octanol–water partition coefficient (Wildman–Crippen LogP) is 1.81. The van der Waals surface area contributed by atoms with Crippen molar-refractivity contribution >= 4 is 9.84 Å². The summed E-state index contributed by atoms with van der Waals surface area (Å²) in [4.78, 5) is 0.392. The molecule has 0 aromatic heterocycles. The van der Waals surface area contributed by atoms with Crippen LogP contribution < -0.4 is 5.73 Å². The van der Waals surface area contributed by atoms with E-state index in [1.807, 2.05) is 19.1 Å². The van der Waals surface area contributed by atoms with Crippen LogP contribution in [0.5, 0.6) is 0 Å². The second kappa shape index (κ2) is 4.18. The highest BCUT2D eigenvalue weighted by molar-refractivity contribution is 7.92. The lowest BCUT2D eigenvalue weighted by Gasteiger charge is -2.24. The van der Waals surface area contributed by atoms with Crippen molar-refractivity contribution in [3.8, 4) is 0 Å². The zero-order chi connectivity index (χ0) is 12.6. The number of hydrogen-bond acceptors (Lipinski definition) is 3. The number of nitrogens with two attached hydrogens (primary N) is 1. The van der Waals surface area contributed by atoms with E-state index in [1.165, 1.54) is 0 Å². The standard InChI is InChI=1S/C12H19NO2S/c1-9-5-6-10(2)11(7-9)16(14,15)12(3,4)8-13/h5-7H,8,13H2,1-4H3. The minimum absolute atomic E-state index is 0.114. The van der Waals surface area contributed by atoms with Gasteiger partial charge < -0.3 is 5.73 Å². The summed E-state index contributed by atoms with van der Waals surface area (Å²) in [5, 5.41) is 0. The van der Waals surface area contributed by atoms with Crippen molar-refractivity contribution in [2.24, 2.45) is 5.73 Å². The largest absolute Gasteiger partial charge is 0.329 e. The van der Waals surface area contributed by atoms with E-state index in [2.05, 4.69) is 0 Å². The summed E-state index contributed by atoms with van der Waals surface area (Å²) in [7, 11) is -3.37. The van der Waals surface area contributed by atoms with Crippen LogP contribution >= 0.6 is 0 Å². The van der Waals surface area contributed by atoms with Crippen molar-refractivity contribution in [1.29, 1.82) is 0 Å². The normalized spacial score (nSPS) is 12.8. The predicted molar refractivity (Wildman–Crippen MR) is 66.2 cm³/mol. The minimum Gasteiger partial charge on any atom is -0.329 e. The number of hydrogen-bond donors (Lipinski definition) is 1. The molecule has 1 aromatic carbocycles. The summed E-state index contributed by atoms with van der Waals surface area (Å²) in [5.41, 5.74) is 7.25. The molecule has 1 rings (SSSR count). The maximum Gasteiger partial charge on any atom is 0.185 e. The zero-order valence-corrected chi connectivity index (χ0v) is 11.1. The number of aryl methyl sites for hydroxylation is 2. The third kappa shape index (κ3) is 2.13. The molecule has 0 radical (unpaired) electrons. The Hall–Kier alpha value is -0.870. The van der Waals surface area contributed by atoms with Crippen LogP contribution in [0, 0.1) is 13.8 Å². The fourth-order valence-corrected chi connectivity index (χ4v) is 3.05. The van der Waals surface area contributed by atoms with Crippen LogP contribution in [0.1, 0.15) is 25.0 Å². The molecule has 0 amide bonds. The lowest BCUT2D eigenvalue weighted by molar-refractivity contribution is 0.548. The van der Waals surface area contributed by atoms with Gasteiger partial charge in [-0.25, -0.2) is 8.42 Å². The van der Waals surface area contributed by atoms with Crippen LogP contribution in [0.3, 0.4) is 0 Å². The molecule has 0 bridgehead atoms. The van der Waals surface area contributed by atoms with Crippen molar-refractivity contribution < 1.29 is 8.42 Å². The second-order valence-corrected chi connectivity index (χ2v) is 7.29. The third-order valence-corrected chi connectivity index (χ3v) is 5.49. The van der Waals surface area contributed by atoms with E-state index in [1.54, 1.807) is 26.8 Å². The van der Waals surface area contributed by atoms with Crippen LogP contribution in [-0.4, -0.2) is 19.7 Å². The van der Waals surface area contributed by atoms with Crippen molar-refractivity contribution in [1.82, 2.24) is 0 Å². The first kappa shape index (κ1) is 13.2. The molecule has 0 aliphatic carbocycles. The third-order valence-electron chi connectivity index (χ3n) is 2.85. The molecule has 0 unspecified atom stereocenters. The van der Waals surface area contributed by atoms with E-state index in [-0.39, 0.29) is 6.54 Å². The first-order valence-electron chi connectivity index (χ1n) is 5.24. The maximum atomic E-state index is 12.4. The van der Waals surface area contributed by atoms with Gasteiger partial charge in [-0.15, -0.1) is 0 Å². The van der Waals surface area contributed by atoms with Crippen molar-refractivity contribution in [3.05, 3.63) is 29.3 Å². The SMILES string of the molecule is Cc1ccc(C)c(S(=O)(=O)C(C)(C)CN)c1. The van der Waals surface area contributed by atoms with Gasteiger partial charge in [-0.3, -0.25) is 0 Å². The van der Waals surface area contributed by atoms with E-state index in [4.69, 9.17) is 5.73 Å². The molecule has 1 aromatic rings. The topological polar surface area (TPSA) is 60.2 Å². The molecule has 0 heterocycles. The van der Waals surface area contributed by atoms with E-state index in [9.17, 15) is 8.42 Å². The molecule has 16 heavy (non-hydrogen) atoms. The Kier molecular flexibility index (Phi) is 3.45. The lowest BCUT2D eigenvalue weighted by Crippen LogP contribution is -2.40. The van der Waals surface area contributed by atoms with E-state index in [0.29, 0.717) is 4.90 Å². The van der Waals surface area contributed by atoms with Crippen LogP contribution in [0.2, 0.25) is 0 Å². The molecule has 90 valence electrons. The van der Waals surface area contributed by atoms with Gasteiger partial charge in [0.2, 0.25) is 0 Å². The number of benzene rings is 1. The smallest absolute Gasteiger partial charge is 0.185 e. The summed E-state index contributed by atoms with van der Waals surface area (Å²) >= 11 is 0. The number of rotatable bonds is 3. The molecule has 0 saturated carbocycles. The van der Waals surface area contributed by atoms with Crippen molar-refractivity contribution in [2.75, 3.05) is 6.54 Å². The van der Waals surface area contributed by atoms with Crippen LogP contribution in [0.25, 0.3) is 0 Å².